The molecule has 0 unspecified atom stereocenters. The van der Waals surface area contributed by atoms with Crippen molar-refractivity contribution in [3.05, 3.63) is 17.5 Å². The molecule has 5 heteroatoms. The third-order valence-electron chi connectivity index (χ3n) is 5.56. The summed E-state index contributed by atoms with van der Waals surface area (Å²) in [5.74, 6) is 0.570. The van der Waals surface area contributed by atoms with Gasteiger partial charge in [0.05, 0.1) is 17.9 Å². The molecule has 0 atom stereocenters. The van der Waals surface area contributed by atoms with Crippen LogP contribution in [0.2, 0.25) is 0 Å². The molecule has 1 spiro atoms. The second-order valence-electron chi connectivity index (χ2n) is 8.41. The van der Waals surface area contributed by atoms with Crippen LogP contribution in [0.1, 0.15) is 63.1 Å². The van der Waals surface area contributed by atoms with Crippen molar-refractivity contribution in [2.45, 2.75) is 64.0 Å². The predicted molar refractivity (Wildman–Crippen MR) is 92.3 cm³/mol. The zero-order chi connectivity index (χ0) is 16.5. The number of hydrogen-bond donors (Lipinski definition) is 2. The number of aromatic amines is 1. The molecule has 23 heavy (non-hydrogen) atoms. The first-order chi connectivity index (χ1) is 10.9. The molecule has 3 rings (SSSR count). The van der Waals surface area contributed by atoms with Gasteiger partial charge in [0.1, 0.15) is 0 Å². The van der Waals surface area contributed by atoms with E-state index in [2.05, 4.69) is 42.2 Å². The summed E-state index contributed by atoms with van der Waals surface area (Å²) in [4.78, 5) is 2.27. The van der Waals surface area contributed by atoms with E-state index in [-0.39, 0.29) is 5.60 Å². The van der Waals surface area contributed by atoms with Crippen LogP contribution < -0.4 is 5.73 Å². The first-order valence-electron chi connectivity index (χ1n) is 8.98. The molecule has 0 bridgehead atoms. The summed E-state index contributed by atoms with van der Waals surface area (Å²) in [6.45, 7) is 8.10. The van der Waals surface area contributed by atoms with E-state index in [9.17, 15) is 0 Å². The minimum Gasteiger partial charge on any atom is -0.374 e. The molecule has 0 amide bonds. The Morgan fingerprint density at radius 1 is 1.39 bits per heavy atom. The van der Waals surface area contributed by atoms with E-state index >= 15 is 0 Å². The van der Waals surface area contributed by atoms with Gasteiger partial charge in [-0.15, -0.1) is 0 Å². The lowest BCUT2D eigenvalue weighted by Gasteiger charge is -2.37. The van der Waals surface area contributed by atoms with Crippen molar-refractivity contribution in [3.63, 3.8) is 0 Å². The first-order valence-corrected chi connectivity index (χ1v) is 8.98. The number of H-pyrrole nitrogens is 1. The lowest BCUT2D eigenvalue weighted by molar-refractivity contribution is -0.0296. The number of ether oxygens (including phenoxy) is 1. The van der Waals surface area contributed by atoms with Crippen LogP contribution in [0.5, 0.6) is 0 Å². The summed E-state index contributed by atoms with van der Waals surface area (Å²) in [6, 6.07) is 0. The van der Waals surface area contributed by atoms with Crippen molar-refractivity contribution < 1.29 is 4.74 Å². The lowest BCUT2D eigenvalue weighted by atomic mass is 9.72. The van der Waals surface area contributed by atoms with Crippen LogP contribution in [-0.4, -0.2) is 47.4 Å². The van der Waals surface area contributed by atoms with Gasteiger partial charge < -0.3 is 15.4 Å². The predicted octanol–water partition coefficient (Wildman–Crippen LogP) is 2.64. The Balaban J connectivity index is 1.61. The van der Waals surface area contributed by atoms with E-state index in [1.165, 1.54) is 43.4 Å². The molecule has 1 aromatic heterocycles. The molecular formula is C18H32N4O. The Labute approximate surface area is 140 Å². The van der Waals surface area contributed by atoms with E-state index in [4.69, 9.17) is 10.5 Å². The van der Waals surface area contributed by atoms with Crippen molar-refractivity contribution in [1.82, 2.24) is 15.1 Å². The summed E-state index contributed by atoms with van der Waals surface area (Å²) >= 11 is 0. The normalized spacial score (nSPS) is 30.4. The van der Waals surface area contributed by atoms with Crippen molar-refractivity contribution in [2.75, 3.05) is 26.7 Å². The van der Waals surface area contributed by atoms with Crippen LogP contribution in [-0.2, 0) is 11.3 Å². The van der Waals surface area contributed by atoms with E-state index in [1.54, 1.807) is 0 Å². The fourth-order valence-electron chi connectivity index (χ4n) is 4.46. The Morgan fingerprint density at radius 2 is 2.13 bits per heavy atom. The molecule has 3 N–H and O–H groups in total. The van der Waals surface area contributed by atoms with Crippen LogP contribution in [0.3, 0.4) is 0 Å². The summed E-state index contributed by atoms with van der Waals surface area (Å²) < 4.78 is 6.24. The summed E-state index contributed by atoms with van der Waals surface area (Å²) in [5, 5.41) is 7.65. The number of aromatic nitrogens is 2. The summed E-state index contributed by atoms with van der Waals surface area (Å²) in [5.41, 5.74) is 8.73. The first kappa shape index (κ1) is 16.9. The van der Waals surface area contributed by atoms with Crippen molar-refractivity contribution in [3.8, 4) is 0 Å². The number of hydrogen-bond acceptors (Lipinski definition) is 4. The van der Waals surface area contributed by atoms with Crippen LogP contribution in [0.4, 0.5) is 0 Å². The minimum atomic E-state index is 0.146. The molecule has 0 radical (unpaired) electrons. The third kappa shape index (κ3) is 3.78. The molecule has 2 fully saturated rings. The van der Waals surface area contributed by atoms with Crippen LogP contribution in [0, 0.1) is 5.41 Å². The average Bonchev–Trinajstić information content (AvgIpc) is 3.05. The van der Waals surface area contributed by atoms with Gasteiger partial charge in [-0.3, -0.25) is 5.10 Å². The van der Waals surface area contributed by atoms with Gasteiger partial charge in [-0.1, -0.05) is 13.8 Å². The molecule has 1 aliphatic heterocycles. The van der Waals surface area contributed by atoms with Gasteiger partial charge in [-0.05, 0) is 44.6 Å². The maximum absolute atomic E-state index is 6.24. The number of nitrogens with zero attached hydrogens (tertiary/aromatic N) is 2. The third-order valence-corrected chi connectivity index (χ3v) is 5.56. The highest BCUT2D eigenvalue weighted by molar-refractivity contribution is 5.22. The van der Waals surface area contributed by atoms with Crippen molar-refractivity contribution >= 4 is 0 Å². The Hall–Kier alpha value is -0.910. The summed E-state index contributed by atoms with van der Waals surface area (Å²) in [7, 11) is 2.12. The van der Waals surface area contributed by atoms with Crippen LogP contribution in [0.25, 0.3) is 0 Å². The Morgan fingerprint density at radius 3 is 2.74 bits per heavy atom. The van der Waals surface area contributed by atoms with Gasteiger partial charge in [0.25, 0.3) is 0 Å². The molecule has 130 valence electrons. The zero-order valence-corrected chi connectivity index (χ0v) is 14.9. The molecule has 1 saturated carbocycles. The lowest BCUT2D eigenvalue weighted by Crippen LogP contribution is -2.34. The molecule has 2 heterocycles. The standard InChI is InChI=1S/C18H32N4O/c1-17(2)12-18(23-13-17)6-4-14(5-7-18)16-15(10-20-21-16)11-22(3)9-8-19/h10,14H,4-9,11-13,19H2,1-3H3,(H,20,21)/t14-,18-. The number of nitrogens with one attached hydrogen (secondary N) is 1. The van der Waals surface area contributed by atoms with Gasteiger partial charge in [-0.2, -0.15) is 5.10 Å². The van der Waals surface area contributed by atoms with Gasteiger partial charge in [0, 0.05) is 37.3 Å². The second-order valence-corrected chi connectivity index (χ2v) is 8.41. The molecule has 1 aromatic rings. The van der Waals surface area contributed by atoms with Gasteiger partial charge >= 0.3 is 0 Å². The van der Waals surface area contributed by atoms with Gasteiger partial charge in [-0.25, -0.2) is 0 Å². The fourth-order valence-corrected chi connectivity index (χ4v) is 4.46. The highest BCUT2D eigenvalue weighted by atomic mass is 16.5. The number of likely N-dealkylation sites (N-methyl/N-ethyl adjacent to an activating group) is 1. The smallest absolute Gasteiger partial charge is 0.0697 e. The quantitative estimate of drug-likeness (QED) is 0.875. The number of rotatable bonds is 5. The van der Waals surface area contributed by atoms with Crippen LogP contribution in [0.15, 0.2) is 6.20 Å². The Bertz CT molecular complexity index is 517. The topological polar surface area (TPSA) is 67.2 Å². The SMILES string of the molecule is CN(CCN)Cc1c[nH]nc1[C@H]1CC[C@]2(CC1)CC(C)(C)CO2. The highest BCUT2D eigenvalue weighted by Gasteiger charge is 2.46. The fraction of sp³-hybridized carbons (Fsp3) is 0.833. The van der Waals surface area contributed by atoms with E-state index < -0.39 is 0 Å². The van der Waals surface area contributed by atoms with E-state index in [1.807, 2.05) is 0 Å². The molecular weight excluding hydrogens is 288 g/mol. The van der Waals surface area contributed by atoms with Gasteiger partial charge in [0.15, 0.2) is 0 Å². The van der Waals surface area contributed by atoms with Crippen LogP contribution >= 0.6 is 0 Å². The molecule has 1 aliphatic carbocycles. The van der Waals surface area contributed by atoms with Crippen molar-refractivity contribution in [2.24, 2.45) is 11.1 Å². The maximum atomic E-state index is 6.24. The van der Waals surface area contributed by atoms with E-state index in [0.29, 0.717) is 17.9 Å². The largest absolute Gasteiger partial charge is 0.374 e. The molecule has 0 aromatic carbocycles. The monoisotopic (exact) mass is 320 g/mol. The zero-order valence-electron chi connectivity index (χ0n) is 14.9. The summed E-state index contributed by atoms with van der Waals surface area (Å²) in [6.07, 6.45) is 7.99. The molecule has 1 saturated heterocycles. The average molecular weight is 320 g/mol. The molecule has 5 nitrogen and oxygen atoms in total. The molecule has 2 aliphatic rings. The minimum absolute atomic E-state index is 0.146. The maximum Gasteiger partial charge on any atom is 0.0697 e. The second kappa shape index (κ2) is 6.54. The Kier molecular flexibility index (Phi) is 4.81. The number of nitrogens with two attached hydrogens (primary N) is 1. The van der Waals surface area contributed by atoms with Gasteiger partial charge in [0.2, 0.25) is 0 Å². The highest BCUT2D eigenvalue weighted by Crippen LogP contribution is 2.49. The van der Waals surface area contributed by atoms with E-state index in [0.717, 1.165) is 19.7 Å². The van der Waals surface area contributed by atoms with Crippen molar-refractivity contribution in [1.29, 1.82) is 0 Å².